The molecule has 1 aromatic rings. The molecule has 0 spiro atoms. The zero-order valence-corrected chi connectivity index (χ0v) is 9.52. The highest BCUT2D eigenvalue weighted by molar-refractivity contribution is 6.18. The maximum Gasteiger partial charge on any atom is 0.270 e. The SMILES string of the molecule is N#Cc1cc([N+](=O)[O-])ccc1NCC(O)CCl. The van der Waals surface area contributed by atoms with E-state index in [4.69, 9.17) is 16.9 Å². The number of nitro benzene ring substituents is 1. The van der Waals surface area contributed by atoms with Crippen molar-refractivity contribution in [3.63, 3.8) is 0 Å². The molecule has 0 fully saturated rings. The van der Waals surface area contributed by atoms with Gasteiger partial charge in [-0.3, -0.25) is 10.1 Å². The summed E-state index contributed by atoms with van der Waals surface area (Å²) in [6.07, 6.45) is -0.738. The zero-order valence-electron chi connectivity index (χ0n) is 8.76. The van der Waals surface area contributed by atoms with Gasteiger partial charge in [-0.05, 0) is 6.07 Å². The number of hydrogen-bond acceptors (Lipinski definition) is 5. The van der Waals surface area contributed by atoms with Gasteiger partial charge in [-0.15, -0.1) is 11.6 Å². The van der Waals surface area contributed by atoms with Gasteiger partial charge in [0, 0.05) is 18.7 Å². The van der Waals surface area contributed by atoms with Crippen LogP contribution in [-0.2, 0) is 0 Å². The van der Waals surface area contributed by atoms with Gasteiger partial charge in [0.15, 0.2) is 0 Å². The number of nitrogens with zero attached hydrogens (tertiary/aromatic N) is 2. The minimum Gasteiger partial charge on any atom is -0.390 e. The fourth-order valence-corrected chi connectivity index (χ4v) is 1.28. The molecule has 2 N–H and O–H groups in total. The number of halogens is 1. The lowest BCUT2D eigenvalue weighted by Crippen LogP contribution is -2.21. The summed E-state index contributed by atoms with van der Waals surface area (Å²) >= 11 is 5.41. The van der Waals surface area contributed by atoms with E-state index in [1.807, 2.05) is 6.07 Å². The average Bonchev–Trinajstić information content (AvgIpc) is 2.35. The third-order valence-corrected chi connectivity index (χ3v) is 2.40. The van der Waals surface area contributed by atoms with Gasteiger partial charge >= 0.3 is 0 Å². The summed E-state index contributed by atoms with van der Waals surface area (Å²) in [6.45, 7) is 0.177. The molecule has 0 aliphatic heterocycles. The van der Waals surface area contributed by atoms with Gasteiger partial charge in [0.05, 0.1) is 28.2 Å². The lowest BCUT2D eigenvalue weighted by molar-refractivity contribution is -0.384. The first-order valence-corrected chi connectivity index (χ1v) is 5.28. The second-order valence-electron chi connectivity index (χ2n) is 3.29. The van der Waals surface area contributed by atoms with Crippen LogP contribution in [0.4, 0.5) is 11.4 Å². The molecule has 0 aromatic heterocycles. The van der Waals surface area contributed by atoms with Crippen LogP contribution >= 0.6 is 11.6 Å². The third kappa shape index (κ3) is 3.59. The molecular weight excluding hydrogens is 246 g/mol. The Balaban J connectivity index is 2.87. The minimum atomic E-state index is -0.738. The van der Waals surface area contributed by atoms with Crippen LogP contribution in [-0.4, -0.2) is 28.6 Å². The number of rotatable bonds is 5. The summed E-state index contributed by atoms with van der Waals surface area (Å²) in [5, 5.41) is 31.4. The van der Waals surface area contributed by atoms with Crippen molar-refractivity contribution < 1.29 is 10.0 Å². The lowest BCUT2D eigenvalue weighted by atomic mass is 10.1. The van der Waals surface area contributed by atoms with E-state index >= 15 is 0 Å². The minimum absolute atomic E-state index is 0.0713. The number of nitriles is 1. The van der Waals surface area contributed by atoms with Crippen LogP contribution in [0.5, 0.6) is 0 Å². The van der Waals surface area contributed by atoms with Crippen molar-refractivity contribution in [3.8, 4) is 6.07 Å². The molecule has 1 unspecified atom stereocenters. The van der Waals surface area contributed by atoms with Gasteiger partial charge in [-0.25, -0.2) is 0 Å². The summed E-state index contributed by atoms with van der Waals surface area (Å²) in [6, 6.07) is 5.74. The van der Waals surface area contributed by atoms with Gasteiger partial charge in [-0.1, -0.05) is 0 Å². The Morgan fingerprint density at radius 2 is 2.35 bits per heavy atom. The monoisotopic (exact) mass is 255 g/mol. The van der Waals surface area contributed by atoms with E-state index in [0.29, 0.717) is 5.69 Å². The molecule has 6 nitrogen and oxygen atoms in total. The maximum atomic E-state index is 10.5. The Labute approximate surface area is 103 Å². The molecule has 0 aliphatic carbocycles. The summed E-state index contributed by atoms with van der Waals surface area (Å²) in [4.78, 5) is 9.94. The van der Waals surface area contributed by atoms with Crippen LogP contribution in [0.1, 0.15) is 5.56 Å². The predicted octanol–water partition coefficient (Wildman–Crippen LogP) is 1.48. The van der Waals surface area contributed by atoms with Gasteiger partial charge in [0.25, 0.3) is 5.69 Å². The molecule has 90 valence electrons. The summed E-state index contributed by atoms with van der Waals surface area (Å²) in [5.41, 5.74) is 0.438. The number of aliphatic hydroxyl groups excluding tert-OH is 1. The van der Waals surface area contributed by atoms with E-state index in [-0.39, 0.29) is 23.7 Å². The van der Waals surface area contributed by atoms with Gasteiger partial charge in [0.1, 0.15) is 6.07 Å². The number of hydrogen-bond donors (Lipinski definition) is 2. The smallest absolute Gasteiger partial charge is 0.270 e. The molecule has 0 radical (unpaired) electrons. The maximum absolute atomic E-state index is 10.5. The number of nitro groups is 1. The first-order valence-electron chi connectivity index (χ1n) is 4.75. The Morgan fingerprint density at radius 3 is 2.88 bits per heavy atom. The number of aliphatic hydroxyl groups is 1. The van der Waals surface area contributed by atoms with E-state index in [1.54, 1.807) is 0 Å². The van der Waals surface area contributed by atoms with Crippen LogP contribution < -0.4 is 5.32 Å². The van der Waals surface area contributed by atoms with Crippen LogP contribution in [0.15, 0.2) is 18.2 Å². The molecule has 0 heterocycles. The topological polar surface area (TPSA) is 99.2 Å². The van der Waals surface area contributed by atoms with Crippen molar-refractivity contribution in [2.45, 2.75) is 6.10 Å². The molecule has 7 heteroatoms. The fraction of sp³-hybridized carbons (Fsp3) is 0.300. The van der Waals surface area contributed by atoms with Crippen LogP contribution in [0.3, 0.4) is 0 Å². The number of benzene rings is 1. The van der Waals surface area contributed by atoms with Crippen molar-refractivity contribution in [3.05, 3.63) is 33.9 Å². The van der Waals surface area contributed by atoms with Crippen molar-refractivity contribution >= 4 is 23.0 Å². The summed E-state index contributed by atoms with van der Waals surface area (Å²) in [7, 11) is 0. The Morgan fingerprint density at radius 1 is 1.65 bits per heavy atom. The van der Waals surface area contributed by atoms with E-state index in [0.717, 1.165) is 0 Å². The van der Waals surface area contributed by atoms with E-state index in [2.05, 4.69) is 5.32 Å². The first kappa shape index (κ1) is 13.2. The summed E-state index contributed by atoms with van der Waals surface area (Å²) in [5.74, 6) is 0.0713. The van der Waals surface area contributed by atoms with E-state index < -0.39 is 11.0 Å². The molecule has 1 atom stereocenters. The zero-order chi connectivity index (χ0) is 12.8. The largest absolute Gasteiger partial charge is 0.390 e. The average molecular weight is 256 g/mol. The van der Waals surface area contributed by atoms with Gasteiger partial charge in [-0.2, -0.15) is 5.26 Å². The fourth-order valence-electron chi connectivity index (χ4n) is 1.17. The molecule has 0 aliphatic rings. The standard InChI is InChI=1S/C10H10ClN3O3/c11-4-9(15)6-13-10-2-1-8(14(16)17)3-7(10)5-12/h1-3,9,13,15H,4,6H2. The first-order chi connectivity index (χ1) is 8.08. The highest BCUT2D eigenvalue weighted by Crippen LogP contribution is 2.21. The molecule has 0 bridgehead atoms. The Bertz CT molecular complexity index is 459. The van der Waals surface area contributed by atoms with Crippen LogP contribution in [0.2, 0.25) is 0 Å². The van der Waals surface area contributed by atoms with Crippen molar-refractivity contribution in [1.82, 2.24) is 0 Å². The van der Waals surface area contributed by atoms with Crippen molar-refractivity contribution in [2.75, 3.05) is 17.7 Å². The second kappa shape index (κ2) is 6.03. The highest BCUT2D eigenvalue weighted by Gasteiger charge is 2.11. The molecule has 1 aromatic carbocycles. The van der Waals surface area contributed by atoms with E-state index in [9.17, 15) is 15.2 Å². The molecule has 0 saturated heterocycles. The quantitative estimate of drug-likeness (QED) is 0.472. The van der Waals surface area contributed by atoms with Crippen molar-refractivity contribution in [2.24, 2.45) is 0 Å². The number of nitrogens with one attached hydrogen (secondary N) is 1. The molecule has 1 rings (SSSR count). The Hall–Kier alpha value is -1.84. The highest BCUT2D eigenvalue weighted by atomic mass is 35.5. The third-order valence-electron chi connectivity index (χ3n) is 2.04. The van der Waals surface area contributed by atoms with Crippen LogP contribution in [0.25, 0.3) is 0 Å². The second-order valence-corrected chi connectivity index (χ2v) is 3.60. The van der Waals surface area contributed by atoms with Gasteiger partial charge < -0.3 is 10.4 Å². The van der Waals surface area contributed by atoms with Crippen molar-refractivity contribution in [1.29, 1.82) is 5.26 Å². The molecule has 0 saturated carbocycles. The molecule has 17 heavy (non-hydrogen) atoms. The molecule has 0 amide bonds. The summed E-state index contributed by atoms with van der Waals surface area (Å²) < 4.78 is 0. The number of non-ortho nitro benzene ring substituents is 1. The van der Waals surface area contributed by atoms with E-state index in [1.165, 1.54) is 18.2 Å². The van der Waals surface area contributed by atoms with Crippen LogP contribution in [0, 0.1) is 21.4 Å². The molecular formula is C10H10ClN3O3. The number of anilines is 1. The van der Waals surface area contributed by atoms with Gasteiger partial charge in [0.2, 0.25) is 0 Å². The normalized spacial score (nSPS) is 11.6. The predicted molar refractivity (Wildman–Crippen MR) is 63.0 cm³/mol. The Kier molecular flexibility index (Phi) is 4.69. The lowest BCUT2D eigenvalue weighted by Gasteiger charge is -2.10. The number of alkyl halides is 1.